The molecule has 0 N–H and O–H groups in total. The molecule has 2 rings (SSSR count). The van der Waals surface area contributed by atoms with E-state index in [9.17, 15) is 0 Å². The molecule has 0 saturated carbocycles. The third-order valence-electron chi connectivity index (χ3n) is 4.94. The molecule has 0 aliphatic heterocycles. The zero-order valence-electron chi connectivity index (χ0n) is 17.7. The van der Waals surface area contributed by atoms with Crippen molar-refractivity contribution in [2.75, 3.05) is 11.5 Å². The molecule has 2 aromatic carbocycles. The Morgan fingerprint density at radius 2 is 1.50 bits per heavy atom. The van der Waals surface area contributed by atoms with Gasteiger partial charge < -0.3 is 0 Å². The molecule has 0 radical (unpaired) electrons. The van der Waals surface area contributed by atoms with Crippen molar-refractivity contribution in [1.29, 1.82) is 0 Å². The molecule has 1 nitrogen and oxygen atoms in total. The van der Waals surface area contributed by atoms with E-state index >= 15 is 0 Å². The molecular weight excluding hydrogens is 431 g/mol. The van der Waals surface area contributed by atoms with Gasteiger partial charge in [-0.1, -0.05) is 0 Å². The van der Waals surface area contributed by atoms with Crippen LogP contribution in [0.5, 0.6) is 5.75 Å². The Morgan fingerprint density at radius 1 is 0.923 bits per heavy atom. The van der Waals surface area contributed by atoms with Gasteiger partial charge in [-0.25, -0.2) is 0 Å². The van der Waals surface area contributed by atoms with E-state index in [4.69, 9.17) is 4.74 Å². The normalized spacial score (nSPS) is 11.6. The summed E-state index contributed by atoms with van der Waals surface area (Å²) < 4.78 is 8.61. The van der Waals surface area contributed by atoms with Crippen LogP contribution in [0.3, 0.4) is 0 Å². The Labute approximate surface area is 170 Å². The van der Waals surface area contributed by atoms with Crippen LogP contribution in [-0.4, -0.2) is 11.5 Å². The molecule has 0 spiro atoms. The van der Waals surface area contributed by atoms with E-state index < -0.39 is 0 Å². The van der Waals surface area contributed by atoms with E-state index in [-0.39, 0.29) is 21.2 Å². The SMILES string of the molecule is CCC[I-]c1cc(C(C)C)c(-c2c(C)ccc(OC)c2C)c(C(C)C)c1. The van der Waals surface area contributed by atoms with E-state index in [0.717, 1.165) is 5.75 Å². The molecule has 0 heterocycles. The average molecular weight is 465 g/mol. The maximum atomic E-state index is 5.65. The Morgan fingerprint density at radius 3 is 1.96 bits per heavy atom. The number of ether oxygens (including phenoxy) is 1. The molecule has 0 aliphatic rings. The van der Waals surface area contributed by atoms with Crippen molar-refractivity contribution in [2.24, 2.45) is 0 Å². The molecule has 0 aromatic heterocycles. The number of benzene rings is 2. The molecule has 0 unspecified atom stereocenters. The van der Waals surface area contributed by atoms with Crippen molar-refractivity contribution in [1.82, 2.24) is 0 Å². The second-order valence-corrected chi connectivity index (χ2v) is 10.8. The summed E-state index contributed by atoms with van der Waals surface area (Å²) in [5, 5.41) is 0. The monoisotopic (exact) mass is 465 g/mol. The number of hydrogen-bond acceptors (Lipinski definition) is 1. The fourth-order valence-corrected chi connectivity index (χ4v) is 5.84. The Kier molecular flexibility index (Phi) is 7.57. The van der Waals surface area contributed by atoms with Crippen LogP contribution in [0.15, 0.2) is 24.3 Å². The quantitative estimate of drug-likeness (QED) is 0.446. The van der Waals surface area contributed by atoms with E-state index in [1.807, 2.05) is 0 Å². The van der Waals surface area contributed by atoms with Crippen LogP contribution in [0, 0.1) is 17.4 Å². The van der Waals surface area contributed by atoms with Crippen LogP contribution >= 0.6 is 0 Å². The second-order valence-electron chi connectivity index (χ2n) is 7.68. The van der Waals surface area contributed by atoms with Gasteiger partial charge >= 0.3 is 171 Å². The van der Waals surface area contributed by atoms with Gasteiger partial charge in [-0.05, 0) is 0 Å². The van der Waals surface area contributed by atoms with Crippen LogP contribution in [0.25, 0.3) is 11.1 Å². The molecule has 0 fully saturated rings. The number of aryl methyl sites for hydroxylation is 1. The second kappa shape index (κ2) is 9.25. The topological polar surface area (TPSA) is 9.23 Å². The van der Waals surface area contributed by atoms with Gasteiger partial charge in [0.25, 0.3) is 0 Å². The molecule has 2 aromatic rings. The first kappa shape index (κ1) is 21.3. The summed E-state index contributed by atoms with van der Waals surface area (Å²) >= 11 is 0.109. The summed E-state index contributed by atoms with van der Waals surface area (Å²) in [6.07, 6.45) is 1.29. The van der Waals surface area contributed by atoms with Gasteiger partial charge in [0.05, 0.1) is 0 Å². The molecule has 0 atom stereocenters. The van der Waals surface area contributed by atoms with Gasteiger partial charge in [0.1, 0.15) is 0 Å². The zero-order chi connectivity index (χ0) is 19.4. The zero-order valence-corrected chi connectivity index (χ0v) is 19.8. The standard InChI is InChI=1S/C24H34IO/c1-9-12-25-19-13-20(15(2)3)24(21(14-19)16(4)5)23-17(6)10-11-22(26-8)18(23)7/h10-11,13-16H,9,12H2,1-8H3/q-1. The van der Waals surface area contributed by atoms with E-state index in [1.54, 1.807) is 10.7 Å². The van der Waals surface area contributed by atoms with Gasteiger partial charge in [-0.15, -0.1) is 0 Å². The first-order valence-corrected chi connectivity index (χ1v) is 12.3. The van der Waals surface area contributed by atoms with Crippen molar-refractivity contribution in [2.45, 2.75) is 66.7 Å². The van der Waals surface area contributed by atoms with Crippen LogP contribution < -0.4 is 25.9 Å². The molecule has 0 aliphatic carbocycles. The van der Waals surface area contributed by atoms with E-state index in [1.165, 1.54) is 44.2 Å². The van der Waals surface area contributed by atoms with Gasteiger partial charge in [-0.2, -0.15) is 0 Å². The number of rotatable bonds is 7. The molecular formula is C24H34IO-. The van der Waals surface area contributed by atoms with Crippen molar-refractivity contribution in [3.63, 3.8) is 0 Å². The average Bonchev–Trinajstić information content (AvgIpc) is 2.60. The third-order valence-corrected chi connectivity index (χ3v) is 8.06. The summed E-state index contributed by atoms with van der Waals surface area (Å²) in [5.41, 5.74) is 8.42. The number of hydrogen-bond donors (Lipinski definition) is 0. The summed E-state index contributed by atoms with van der Waals surface area (Å²) in [5.74, 6) is 2.01. The maximum absolute atomic E-state index is 5.65. The summed E-state index contributed by atoms with van der Waals surface area (Å²) in [6.45, 7) is 16.0. The van der Waals surface area contributed by atoms with Crippen LogP contribution in [0.2, 0.25) is 0 Å². The van der Waals surface area contributed by atoms with Gasteiger partial charge in [0.2, 0.25) is 0 Å². The van der Waals surface area contributed by atoms with Crippen molar-refractivity contribution >= 4 is 0 Å². The van der Waals surface area contributed by atoms with Gasteiger partial charge in [0, 0.05) is 0 Å². The van der Waals surface area contributed by atoms with Crippen molar-refractivity contribution in [3.8, 4) is 16.9 Å². The molecule has 0 bridgehead atoms. The molecule has 26 heavy (non-hydrogen) atoms. The van der Waals surface area contributed by atoms with E-state index in [2.05, 4.69) is 72.7 Å². The third kappa shape index (κ3) is 4.44. The van der Waals surface area contributed by atoms with E-state index in [0.29, 0.717) is 11.8 Å². The Hall–Kier alpha value is -1.03. The van der Waals surface area contributed by atoms with Crippen LogP contribution in [0.4, 0.5) is 0 Å². The minimum atomic E-state index is 0.109. The summed E-state index contributed by atoms with van der Waals surface area (Å²) in [6, 6.07) is 9.31. The molecule has 0 saturated heterocycles. The molecule has 144 valence electrons. The first-order chi connectivity index (χ1) is 12.3. The predicted octanol–water partition coefficient (Wildman–Crippen LogP) is 3.89. The fourth-order valence-electron chi connectivity index (χ4n) is 3.56. The van der Waals surface area contributed by atoms with Gasteiger partial charge in [0.15, 0.2) is 0 Å². The molecule has 2 heteroatoms. The summed E-state index contributed by atoms with van der Waals surface area (Å²) in [7, 11) is 1.77. The Bertz CT molecular complexity index is 730. The van der Waals surface area contributed by atoms with Gasteiger partial charge in [-0.3, -0.25) is 0 Å². The Balaban J connectivity index is 2.83. The number of alkyl halides is 1. The predicted molar refractivity (Wildman–Crippen MR) is 110 cm³/mol. The van der Waals surface area contributed by atoms with Crippen molar-refractivity contribution in [3.05, 3.63) is 50.1 Å². The fraction of sp³-hybridized carbons (Fsp3) is 0.500. The van der Waals surface area contributed by atoms with Crippen LogP contribution in [-0.2, 0) is 0 Å². The van der Waals surface area contributed by atoms with Crippen LogP contribution in [0.1, 0.15) is 75.1 Å². The number of methoxy groups -OCH3 is 1. The summed E-state index contributed by atoms with van der Waals surface area (Å²) in [4.78, 5) is 0. The minimum absolute atomic E-state index is 0.109. The number of halogens is 1. The first-order valence-electron chi connectivity index (χ1n) is 9.73. The van der Waals surface area contributed by atoms with Crippen molar-refractivity contribution < 1.29 is 25.9 Å². The molecule has 0 amide bonds.